The second-order valence-corrected chi connectivity index (χ2v) is 5.11. The normalized spacial score (nSPS) is 23.3. The van der Waals surface area contributed by atoms with Gasteiger partial charge in [-0.25, -0.2) is 4.79 Å². The van der Waals surface area contributed by atoms with Crippen LogP contribution in [0.3, 0.4) is 0 Å². The maximum absolute atomic E-state index is 12.2. The summed E-state index contributed by atoms with van der Waals surface area (Å²) in [5.41, 5.74) is 3.05. The zero-order chi connectivity index (χ0) is 14.1. The predicted octanol–water partition coefficient (Wildman–Crippen LogP) is 3.22. The predicted molar refractivity (Wildman–Crippen MR) is 77.3 cm³/mol. The Labute approximate surface area is 118 Å². The van der Waals surface area contributed by atoms with E-state index in [0.717, 1.165) is 28.9 Å². The zero-order valence-electron chi connectivity index (χ0n) is 11.8. The summed E-state index contributed by atoms with van der Waals surface area (Å²) in [6.45, 7) is 2.26. The first-order chi connectivity index (χ1) is 9.74. The Kier molecular flexibility index (Phi) is 3.35. The first-order valence-corrected chi connectivity index (χ1v) is 6.98. The molecule has 1 aromatic carbocycles. The van der Waals surface area contributed by atoms with E-state index in [4.69, 9.17) is 9.47 Å². The molecule has 0 spiro atoms. The van der Waals surface area contributed by atoms with Gasteiger partial charge in [0.15, 0.2) is 0 Å². The molecule has 0 saturated carbocycles. The van der Waals surface area contributed by atoms with Gasteiger partial charge >= 0.3 is 5.97 Å². The minimum atomic E-state index is -0.171. The standard InChI is InChI=1S/C17H18O3/c1-3-20-17(18)16-13-5-4-12(10-13)15(16)11-6-8-14(19-2)9-7-11/h4-9,12-13H,3,10H2,1-2H3/t12-,13+/m1/s1. The van der Waals surface area contributed by atoms with Crippen LogP contribution in [0.4, 0.5) is 0 Å². The van der Waals surface area contributed by atoms with Crippen molar-refractivity contribution in [2.45, 2.75) is 13.3 Å². The summed E-state index contributed by atoms with van der Waals surface area (Å²) in [6.07, 6.45) is 5.33. The molecule has 0 fully saturated rings. The number of fused-ring (bicyclic) bond motifs is 2. The molecule has 3 nitrogen and oxygen atoms in total. The van der Waals surface area contributed by atoms with Gasteiger partial charge in [-0.3, -0.25) is 0 Å². The number of carbonyl (C=O) groups excluding carboxylic acids is 1. The number of carbonyl (C=O) groups is 1. The zero-order valence-corrected chi connectivity index (χ0v) is 11.8. The molecule has 3 heteroatoms. The van der Waals surface area contributed by atoms with Gasteiger partial charge in [0.1, 0.15) is 5.75 Å². The van der Waals surface area contributed by atoms with Crippen molar-refractivity contribution < 1.29 is 14.3 Å². The number of hydrogen-bond donors (Lipinski definition) is 0. The average Bonchev–Trinajstić information content (AvgIpc) is 3.08. The average molecular weight is 270 g/mol. The van der Waals surface area contributed by atoms with Gasteiger partial charge in [0.05, 0.1) is 13.7 Å². The maximum Gasteiger partial charge on any atom is 0.334 e. The lowest BCUT2D eigenvalue weighted by Gasteiger charge is -2.16. The van der Waals surface area contributed by atoms with E-state index in [1.165, 1.54) is 0 Å². The van der Waals surface area contributed by atoms with Crippen molar-refractivity contribution in [2.24, 2.45) is 11.8 Å². The summed E-state index contributed by atoms with van der Waals surface area (Å²) in [4.78, 5) is 12.2. The van der Waals surface area contributed by atoms with Crippen molar-refractivity contribution >= 4 is 11.5 Å². The van der Waals surface area contributed by atoms with Gasteiger partial charge in [-0.15, -0.1) is 0 Å². The summed E-state index contributed by atoms with van der Waals surface area (Å²) < 4.78 is 10.4. The number of hydrogen-bond acceptors (Lipinski definition) is 3. The van der Waals surface area contributed by atoms with Gasteiger partial charge in [-0.05, 0) is 36.6 Å². The summed E-state index contributed by atoms with van der Waals surface area (Å²) in [5.74, 6) is 1.21. The highest BCUT2D eigenvalue weighted by molar-refractivity contribution is 6.01. The Bertz CT molecular complexity index is 581. The molecular formula is C17H18O3. The Morgan fingerprint density at radius 3 is 2.55 bits per heavy atom. The number of esters is 1. The maximum atomic E-state index is 12.2. The van der Waals surface area contributed by atoms with Crippen LogP contribution in [0.5, 0.6) is 5.75 Å². The van der Waals surface area contributed by atoms with Crippen LogP contribution < -0.4 is 4.74 Å². The molecule has 2 atom stereocenters. The molecule has 0 N–H and O–H groups in total. The van der Waals surface area contributed by atoms with Gasteiger partial charge in [0.2, 0.25) is 0 Å². The Morgan fingerprint density at radius 2 is 1.90 bits per heavy atom. The van der Waals surface area contributed by atoms with Crippen LogP contribution in [0.25, 0.3) is 5.57 Å². The molecule has 0 amide bonds. The van der Waals surface area contributed by atoms with Crippen molar-refractivity contribution in [1.82, 2.24) is 0 Å². The van der Waals surface area contributed by atoms with Gasteiger partial charge in [0, 0.05) is 17.4 Å². The van der Waals surface area contributed by atoms with Crippen molar-refractivity contribution in [2.75, 3.05) is 13.7 Å². The molecule has 2 bridgehead atoms. The molecule has 0 unspecified atom stereocenters. The van der Waals surface area contributed by atoms with Crippen LogP contribution in [0.1, 0.15) is 18.9 Å². The minimum absolute atomic E-state index is 0.171. The van der Waals surface area contributed by atoms with Gasteiger partial charge in [-0.2, -0.15) is 0 Å². The molecule has 2 aliphatic rings. The van der Waals surface area contributed by atoms with Gasteiger partial charge in [-0.1, -0.05) is 24.3 Å². The topological polar surface area (TPSA) is 35.5 Å². The number of ether oxygens (including phenoxy) is 2. The summed E-state index contributed by atoms with van der Waals surface area (Å²) in [6, 6.07) is 7.89. The highest BCUT2D eigenvalue weighted by Gasteiger charge is 2.39. The third kappa shape index (κ3) is 2.03. The fourth-order valence-electron chi connectivity index (χ4n) is 3.14. The van der Waals surface area contributed by atoms with E-state index in [0.29, 0.717) is 12.5 Å². The first kappa shape index (κ1) is 13.0. The van der Waals surface area contributed by atoms with Crippen molar-refractivity contribution in [3.8, 4) is 5.75 Å². The van der Waals surface area contributed by atoms with E-state index in [-0.39, 0.29) is 11.9 Å². The van der Waals surface area contributed by atoms with Crippen molar-refractivity contribution in [3.05, 3.63) is 47.6 Å². The van der Waals surface area contributed by atoms with E-state index in [1.54, 1.807) is 7.11 Å². The van der Waals surface area contributed by atoms with E-state index in [9.17, 15) is 4.79 Å². The molecule has 0 radical (unpaired) electrons. The molecule has 3 rings (SSSR count). The lowest BCUT2D eigenvalue weighted by Crippen LogP contribution is -2.13. The summed E-state index contributed by atoms with van der Waals surface area (Å²) >= 11 is 0. The van der Waals surface area contributed by atoms with E-state index < -0.39 is 0 Å². The number of methoxy groups -OCH3 is 1. The fraction of sp³-hybridized carbons (Fsp3) is 0.353. The third-order valence-electron chi connectivity index (χ3n) is 4.01. The van der Waals surface area contributed by atoms with Crippen molar-refractivity contribution in [3.63, 3.8) is 0 Å². The number of allylic oxidation sites excluding steroid dienone is 3. The molecule has 0 heterocycles. The Morgan fingerprint density at radius 1 is 1.20 bits per heavy atom. The number of rotatable bonds is 4. The smallest absolute Gasteiger partial charge is 0.334 e. The van der Waals surface area contributed by atoms with E-state index in [2.05, 4.69) is 12.2 Å². The lowest BCUT2D eigenvalue weighted by atomic mass is 9.91. The third-order valence-corrected chi connectivity index (χ3v) is 4.01. The van der Waals surface area contributed by atoms with Crippen LogP contribution in [-0.4, -0.2) is 19.7 Å². The molecule has 2 aliphatic carbocycles. The highest BCUT2D eigenvalue weighted by atomic mass is 16.5. The highest BCUT2D eigenvalue weighted by Crippen LogP contribution is 2.48. The molecule has 0 saturated heterocycles. The monoisotopic (exact) mass is 270 g/mol. The first-order valence-electron chi connectivity index (χ1n) is 6.98. The molecule has 20 heavy (non-hydrogen) atoms. The lowest BCUT2D eigenvalue weighted by molar-refractivity contribution is -0.138. The SMILES string of the molecule is CCOC(=O)C1=C(c2ccc(OC)cc2)[C@@H]2C=C[C@H]1C2. The molecule has 104 valence electrons. The Balaban J connectivity index is 2.00. The van der Waals surface area contributed by atoms with Gasteiger partial charge < -0.3 is 9.47 Å². The van der Waals surface area contributed by atoms with Crippen LogP contribution in [0.15, 0.2) is 42.0 Å². The second-order valence-electron chi connectivity index (χ2n) is 5.11. The fourth-order valence-corrected chi connectivity index (χ4v) is 3.14. The van der Waals surface area contributed by atoms with Gasteiger partial charge in [0.25, 0.3) is 0 Å². The van der Waals surface area contributed by atoms with Crippen LogP contribution in [0, 0.1) is 11.8 Å². The quantitative estimate of drug-likeness (QED) is 0.622. The Hall–Kier alpha value is -2.03. The largest absolute Gasteiger partial charge is 0.497 e. The second kappa shape index (κ2) is 5.16. The van der Waals surface area contributed by atoms with Crippen molar-refractivity contribution in [1.29, 1.82) is 0 Å². The molecule has 1 aromatic rings. The molecule has 0 aromatic heterocycles. The van der Waals surface area contributed by atoms with Crippen LogP contribution in [0.2, 0.25) is 0 Å². The van der Waals surface area contributed by atoms with Crippen LogP contribution in [-0.2, 0) is 9.53 Å². The minimum Gasteiger partial charge on any atom is -0.497 e. The molecular weight excluding hydrogens is 252 g/mol. The summed E-state index contributed by atoms with van der Waals surface area (Å²) in [7, 11) is 1.65. The van der Waals surface area contributed by atoms with E-state index >= 15 is 0 Å². The van der Waals surface area contributed by atoms with Crippen LogP contribution >= 0.6 is 0 Å². The van der Waals surface area contributed by atoms with E-state index in [1.807, 2.05) is 31.2 Å². The summed E-state index contributed by atoms with van der Waals surface area (Å²) in [5, 5.41) is 0. The number of benzene rings is 1. The molecule has 0 aliphatic heterocycles.